The summed E-state index contributed by atoms with van der Waals surface area (Å²) in [4.78, 5) is 75.0. The quantitative estimate of drug-likeness (QED) is 0.163. The van der Waals surface area contributed by atoms with E-state index in [1.54, 1.807) is 43.3 Å². The fraction of sp³-hybridized carbons (Fsp3) is 0.375. The molecule has 13 nitrogen and oxygen atoms in total. The van der Waals surface area contributed by atoms with Crippen LogP contribution in [0.2, 0.25) is 0 Å². The van der Waals surface area contributed by atoms with Gasteiger partial charge in [0.2, 0.25) is 0 Å². The highest BCUT2D eigenvalue weighted by atomic mass is 16.6. The van der Waals surface area contributed by atoms with Gasteiger partial charge in [0.1, 0.15) is 18.8 Å². The van der Waals surface area contributed by atoms with Gasteiger partial charge in [0.05, 0.1) is 17.7 Å². The van der Waals surface area contributed by atoms with Crippen LogP contribution in [0, 0.1) is 0 Å². The van der Waals surface area contributed by atoms with Crippen LogP contribution >= 0.6 is 0 Å². The zero-order chi connectivity index (χ0) is 33.5. The lowest BCUT2D eigenvalue weighted by Crippen LogP contribution is -2.55. The Morgan fingerprint density at radius 2 is 1.13 bits per heavy atom. The predicted molar refractivity (Wildman–Crippen MR) is 155 cm³/mol. The second-order valence-corrected chi connectivity index (χ2v) is 9.59. The molecule has 242 valence electrons. The van der Waals surface area contributed by atoms with Gasteiger partial charge < -0.3 is 33.5 Å². The molecule has 0 unspecified atom stereocenters. The zero-order valence-electron chi connectivity index (χ0n) is 25.3. The molecule has 45 heavy (non-hydrogen) atoms. The average molecular weight is 629 g/mol. The third-order valence-corrected chi connectivity index (χ3v) is 6.01. The molecule has 0 aromatic heterocycles. The van der Waals surface area contributed by atoms with Crippen molar-refractivity contribution in [3.8, 4) is 0 Å². The van der Waals surface area contributed by atoms with Crippen molar-refractivity contribution in [2.24, 2.45) is 0 Å². The molecule has 2 rings (SSSR count). The largest absolute Gasteiger partial charge is 0.463 e. The summed E-state index contributed by atoms with van der Waals surface area (Å²) in [7, 11) is 0. The molecule has 0 aliphatic carbocycles. The normalized spacial score (nSPS) is 13.9. The first-order valence-corrected chi connectivity index (χ1v) is 13.9. The van der Waals surface area contributed by atoms with Crippen molar-refractivity contribution in [2.75, 3.05) is 13.2 Å². The van der Waals surface area contributed by atoms with E-state index >= 15 is 0 Å². The van der Waals surface area contributed by atoms with E-state index in [1.165, 1.54) is 24.3 Å². The minimum Gasteiger partial charge on any atom is -0.463 e. The SMILES string of the molecule is C=C(C[C@H](OC(C)=O)[C@@H](OC(=O)c1ccccc1)[C@H](OC(=O)c1ccccc1)[C@H](O)[C@@H](COC(C)=O)OC(C)=O)C(=O)OCC. The summed E-state index contributed by atoms with van der Waals surface area (Å²) in [5.41, 5.74) is -0.151. The lowest BCUT2D eigenvalue weighted by Gasteiger charge is -2.36. The monoisotopic (exact) mass is 628 g/mol. The van der Waals surface area contributed by atoms with Crippen molar-refractivity contribution >= 4 is 35.8 Å². The highest BCUT2D eigenvalue weighted by Crippen LogP contribution is 2.26. The van der Waals surface area contributed by atoms with E-state index in [9.17, 15) is 33.9 Å². The van der Waals surface area contributed by atoms with Crippen LogP contribution in [0.4, 0.5) is 0 Å². The Hall–Kier alpha value is -5.04. The Morgan fingerprint density at radius 1 is 0.667 bits per heavy atom. The molecule has 1 N–H and O–H groups in total. The Morgan fingerprint density at radius 3 is 1.58 bits per heavy atom. The van der Waals surface area contributed by atoms with Gasteiger partial charge in [-0.1, -0.05) is 43.0 Å². The lowest BCUT2D eigenvalue weighted by atomic mass is 9.94. The number of aliphatic hydroxyl groups excluding tert-OH is 1. The van der Waals surface area contributed by atoms with Crippen molar-refractivity contribution in [3.63, 3.8) is 0 Å². The van der Waals surface area contributed by atoms with Gasteiger partial charge >= 0.3 is 35.8 Å². The minimum absolute atomic E-state index is 0.00124. The van der Waals surface area contributed by atoms with Gasteiger partial charge in [0.25, 0.3) is 0 Å². The lowest BCUT2D eigenvalue weighted by molar-refractivity contribution is -0.185. The van der Waals surface area contributed by atoms with Gasteiger partial charge in [-0.15, -0.1) is 0 Å². The van der Waals surface area contributed by atoms with Crippen LogP contribution in [0.25, 0.3) is 0 Å². The first-order valence-electron chi connectivity index (χ1n) is 13.9. The van der Waals surface area contributed by atoms with E-state index in [0.717, 1.165) is 20.8 Å². The third-order valence-electron chi connectivity index (χ3n) is 6.01. The first-order chi connectivity index (χ1) is 21.3. The summed E-state index contributed by atoms with van der Waals surface area (Å²) in [6.45, 7) is 7.68. The van der Waals surface area contributed by atoms with Crippen molar-refractivity contribution in [3.05, 3.63) is 83.9 Å². The second-order valence-electron chi connectivity index (χ2n) is 9.59. The van der Waals surface area contributed by atoms with Crippen LogP contribution in [0.1, 0.15) is 54.8 Å². The zero-order valence-corrected chi connectivity index (χ0v) is 25.3. The van der Waals surface area contributed by atoms with Gasteiger partial charge in [0.15, 0.2) is 18.3 Å². The number of carbonyl (C=O) groups is 6. The summed E-state index contributed by atoms with van der Waals surface area (Å²) >= 11 is 0. The predicted octanol–water partition coefficient (Wildman–Crippen LogP) is 2.73. The molecule has 0 saturated carbocycles. The number of aliphatic hydroxyl groups is 1. The van der Waals surface area contributed by atoms with E-state index in [4.69, 9.17) is 28.4 Å². The highest BCUT2D eigenvalue weighted by Gasteiger charge is 2.46. The molecule has 0 aliphatic rings. The van der Waals surface area contributed by atoms with Gasteiger partial charge in [0, 0.05) is 32.8 Å². The first kappa shape index (κ1) is 36.2. The van der Waals surface area contributed by atoms with E-state index in [1.807, 2.05) is 0 Å². The van der Waals surface area contributed by atoms with Gasteiger partial charge in [-0.3, -0.25) is 14.4 Å². The number of carbonyl (C=O) groups excluding carboxylic acids is 6. The summed E-state index contributed by atoms with van der Waals surface area (Å²) in [6, 6.07) is 15.1. The van der Waals surface area contributed by atoms with E-state index in [0.29, 0.717) is 0 Å². The Labute approximate surface area is 260 Å². The Balaban J connectivity index is 2.72. The number of esters is 6. The summed E-state index contributed by atoms with van der Waals surface area (Å²) in [5, 5.41) is 11.6. The van der Waals surface area contributed by atoms with Gasteiger partial charge in [-0.2, -0.15) is 0 Å². The molecule has 2 aromatic carbocycles. The minimum atomic E-state index is -2.05. The Bertz CT molecular complexity index is 1340. The molecule has 2 aromatic rings. The summed E-state index contributed by atoms with van der Waals surface area (Å²) < 4.78 is 32.0. The van der Waals surface area contributed by atoms with Gasteiger partial charge in [-0.05, 0) is 31.2 Å². The molecule has 5 atom stereocenters. The van der Waals surface area contributed by atoms with Crippen LogP contribution < -0.4 is 0 Å². The maximum Gasteiger partial charge on any atom is 0.338 e. The molecule has 0 heterocycles. The van der Waals surface area contributed by atoms with Crippen LogP contribution in [0.15, 0.2) is 72.8 Å². The molecule has 0 bridgehead atoms. The molecular weight excluding hydrogens is 592 g/mol. The number of benzene rings is 2. The fourth-order valence-corrected chi connectivity index (χ4v) is 4.04. The van der Waals surface area contributed by atoms with Crippen molar-refractivity contribution in [2.45, 2.75) is 64.6 Å². The molecule has 0 fully saturated rings. The third kappa shape index (κ3) is 11.9. The van der Waals surface area contributed by atoms with Crippen molar-refractivity contribution < 1.29 is 62.3 Å². The summed E-state index contributed by atoms with van der Waals surface area (Å²) in [5.74, 6) is -5.43. The van der Waals surface area contributed by atoms with Crippen LogP contribution in [-0.4, -0.2) is 84.7 Å². The van der Waals surface area contributed by atoms with Crippen molar-refractivity contribution in [1.29, 1.82) is 0 Å². The second kappa shape index (κ2) is 17.9. The molecule has 0 radical (unpaired) electrons. The van der Waals surface area contributed by atoms with Crippen LogP contribution in [0.5, 0.6) is 0 Å². The fourth-order valence-electron chi connectivity index (χ4n) is 4.04. The number of hydrogen-bond acceptors (Lipinski definition) is 13. The van der Waals surface area contributed by atoms with Crippen LogP contribution in [0.3, 0.4) is 0 Å². The van der Waals surface area contributed by atoms with Gasteiger partial charge in [-0.25, -0.2) is 14.4 Å². The molecule has 0 saturated heterocycles. The van der Waals surface area contributed by atoms with Crippen molar-refractivity contribution in [1.82, 2.24) is 0 Å². The Kier molecular flexibility index (Phi) is 14.4. The molecule has 13 heteroatoms. The number of rotatable bonds is 16. The molecule has 0 amide bonds. The summed E-state index contributed by atoms with van der Waals surface area (Å²) in [6.07, 6.45) is -9.63. The van der Waals surface area contributed by atoms with E-state index in [-0.39, 0.29) is 23.3 Å². The maximum absolute atomic E-state index is 13.4. The maximum atomic E-state index is 13.4. The standard InChI is InChI=1S/C32H36O13/c1-6-40-30(37)19(2)17-25(42-21(4)34)28(44-31(38)23-13-9-7-10-14-23)29(45-32(39)24-15-11-8-12-16-24)27(36)26(43-22(5)35)18-41-20(3)33/h7-16,25-29,36H,2,6,17-18H2,1,3-5H3/t25-,26+,27+,28+,29+/m0/s1. The smallest absolute Gasteiger partial charge is 0.338 e. The number of hydrogen-bond donors (Lipinski definition) is 1. The number of ether oxygens (including phenoxy) is 6. The van der Waals surface area contributed by atoms with E-state index < -0.39 is 79.4 Å². The highest BCUT2D eigenvalue weighted by molar-refractivity contribution is 5.91. The molecule has 0 spiro atoms. The molecular formula is C32H36O13. The van der Waals surface area contributed by atoms with E-state index in [2.05, 4.69) is 6.58 Å². The molecule has 0 aliphatic heterocycles. The van der Waals surface area contributed by atoms with Crippen LogP contribution in [-0.2, 0) is 47.6 Å². The average Bonchev–Trinajstić information content (AvgIpc) is 3.00. The topological polar surface area (TPSA) is 178 Å².